The lowest BCUT2D eigenvalue weighted by Crippen LogP contribution is -2.37. The molecule has 1 amide bonds. The van der Waals surface area contributed by atoms with Gasteiger partial charge in [-0.05, 0) is 24.8 Å². The summed E-state index contributed by atoms with van der Waals surface area (Å²) in [4.78, 5) is 20.6. The summed E-state index contributed by atoms with van der Waals surface area (Å²) >= 11 is 0. The number of rotatable bonds is 9. The Morgan fingerprint density at radius 3 is 2.83 bits per heavy atom. The number of nitrogens with one attached hydrogen (secondary N) is 3. The molecule has 2 aliphatic rings. The third-order valence-corrected chi connectivity index (χ3v) is 6.01. The predicted octanol–water partition coefficient (Wildman–Crippen LogP) is 1.67. The summed E-state index contributed by atoms with van der Waals surface area (Å²) in [5.74, 6) is 0.744. The van der Waals surface area contributed by atoms with Gasteiger partial charge in [-0.25, -0.2) is 4.98 Å². The van der Waals surface area contributed by atoms with Gasteiger partial charge in [-0.1, -0.05) is 30.3 Å². The maximum Gasteiger partial charge on any atom is 0.225 e. The molecule has 1 aromatic carbocycles. The van der Waals surface area contributed by atoms with Crippen molar-refractivity contribution >= 4 is 5.91 Å². The number of aromatic amines is 1. The molecule has 1 heterocycles. The minimum atomic E-state index is -0.765. The van der Waals surface area contributed by atoms with Gasteiger partial charge in [0.05, 0.1) is 18.6 Å². The van der Waals surface area contributed by atoms with Crippen molar-refractivity contribution < 1.29 is 14.6 Å². The van der Waals surface area contributed by atoms with Gasteiger partial charge in [0, 0.05) is 50.0 Å². The summed E-state index contributed by atoms with van der Waals surface area (Å²) in [6, 6.07) is 10.2. The second-order valence-electron chi connectivity index (χ2n) is 8.11. The van der Waals surface area contributed by atoms with E-state index in [0.29, 0.717) is 32.0 Å². The van der Waals surface area contributed by atoms with Crippen LogP contribution in [0.4, 0.5) is 0 Å². The SMILES string of the molecule is COCCNC(=O)[C@H]1C[C@@H](NCc2ccccc2)[C@H](c2cnc(C3CC3)[nH]2)[C@@H]1O. The summed E-state index contributed by atoms with van der Waals surface area (Å²) in [6.45, 7) is 1.59. The fourth-order valence-corrected chi connectivity index (χ4v) is 4.26. The molecule has 1 aromatic heterocycles. The van der Waals surface area contributed by atoms with Crippen LogP contribution in [0.5, 0.6) is 0 Å². The maximum atomic E-state index is 12.7. The first-order valence-electron chi connectivity index (χ1n) is 10.4. The number of carbonyl (C=O) groups excluding carboxylic acids is 1. The number of nitrogens with zero attached hydrogens (tertiary/aromatic N) is 1. The fraction of sp³-hybridized carbons (Fsp3) is 0.545. The van der Waals surface area contributed by atoms with E-state index >= 15 is 0 Å². The average Bonchev–Trinajstić information content (AvgIpc) is 3.38. The molecule has 29 heavy (non-hydrogen) atoms. The Bertz CT molecular complexity index is 805. The quantitative estimate of drug-likeness (QED) is 0.482. The minimum Gasteiger partial charge on any atom is -0.392 e. The van der Waals surface area contributed by atoms with Crippen molar-refractivity contribution in [1.29, 1.82) is 0 Å². The fourth-order valence-electron chi connectivity index (χ4n) is 4.26. The largest absolute Gasteiger partial charge is 0.392 e. The lowest BCUT2D eigenvalue weighted by Gasteiger charge is -2.22. The molecule has 4 N–H and O–H groups in total. The monoisotopic (exact) mass is 398 g/mol. The van der Waals surface area contributed by atoms with E-state index in [4.69, 9.17) is 4.74 Å². The van der Waals surface area contributed by atoms with Gasteiger partial charge < -0.3 is 25.5 Å². The first kappa shape index (κ1) is 20.1. The number of aromatic nitrogens is 2. The number of hydrogen-bond donors (Lipinski definition) is 4. The van der Waals surface area contributed by atoms with Gasteiger partial charge in [0.1, 0.15) is 5.82 Å². The lowest BCUT2D eigenvalue weighted by atomic mass is 9.96. The Morgan fingerprint density at radius 1 is 1.31 bits per heavy atom. The normalized spacial score (nSPS) is 26.6. The number of aliphatic hydroxyl groups excluding tert-OH is 1. The Hall–Kier alpha value is -2.22. The zero-order valence-corrected chi connectivity index (χ0v) is 16.8. The van der Waals surface area contributed by atoms with Crippen LogP contribution in [0.25, 0.3) is 0 Å². The molecule has 2 aliphatic carbocycles. The number of hydrogen-bond acceptors (Lipinski definition) is 5. The van der Waals surface area contributed by atoms with E-state index in [1.165, 1.54) is 18.4 Å². The average molecular weight is 399 g/mol. The number of benzene rings is 1. The van der Waals surface area contributed by atoms with Crippen LogP contribution in [0.15, 0.2) is 36.5 Å². The Morgan fingerprint density at radius 2 is 2.10 bits per heavy atom. The second kappa shape index (κ2) is 9.07. The molecule has 7 heteroatoms. The number of methoxy groups -OCH3 is 1. The van der Waals surface area contributed by atoms with E-state index < -0.39 is 12.0 Å². The summed E-state index contributed by atoms with van der Waals surface area (Å²) in [7, 11) is 1.60. The van der Waals surface area contributed by atoms with Crippen molar-refractivity contribution in [3.05, 3.63) is 53.6 Å². The second-order valence-corrected chi connectivity index (χ2v) is 8.11. The highest BCUT2D eigenvalue weighted by molar-refractivity contribution is 5.80. The molecule has 4 rings (SSSR count). The highest BCUT2D eigenvalue weighted by Gasteiger charge is 2.47. The Kier molecular flexibility index (Phi) is 6.28. The van der Waals surface area contributed by atoms with Crippen molar-refractivity contribution in [2.45, 2.75) is 49.8 Å². The summed E-state index contributed by atoms with van der Waals surface area (Å²) < 4.78 is 5.01. The van der Waals surface area contributed by atoms with Crippen molar-refractivity contribution in [3.8, 4) is 0 Å². The van der Waals surface area contributed by atoms with Crippen molar-refractivity contribution in [1.82, 2.24) is 20.6 Å². The van der Waals surface area contributed by atoms with Crippen LogP contribution in [0.2, 0.25) is 0 Å². The smallest absolute Gasteiger partial charge is 0.225 e. The molecule has 0 unspecified atom stereocenters. The first-order valence-corrected chi connectivity index (χ1v) is 10.4. The molecule has 2 fully saturated rings. The maximum absolute atomic E-state index is 12.7. The number of aliphatic hydroxyl groups is 1. The summed E-state index contributed by atoms with van der Waals surface area (Å²) in [6.07, 6.45) is 3.98. The van der Waals surface area contributed by atoms with Gasteiger partial charge in [0.15, 0.2) is 0 Å². The van der Waals surface area contributed by atoms with Gasteiger partial charge in [0.25, 0.3) is 0 Å². The van der Waals surface area contributed by atoms with Crippen LogP contribution in [-0.2, 0) is 16.1 Å². The summed E-state index contributed by atoms with van der Waals surface area (Å²) in [5, 5.41) is 17.5. The van der Waals surface area contributed by atoms with Crippen LogP contribution in [0.1, 0.15) is 48.2 Å². The predicted molar refractivity (Wildman–Crippen MR) is 109 cm³/mol. The molecule has 7 nitrogen and oxygen atoms in total. The number of carbonyl (C=O) groups is 1. The van der Waals surface area contributed by atoms with Crippen molar-refractivity contribution in [2.75, 3.05) is 20.3 Å². The van der Waals surface area contributed by atoms with Crippen LogP contribution in [0, 0.1) is 5.92 Å². The molecule has 0 saturated heterocycles. The zero-order chi connectivity index (χ0) is 20.2. The molecule has 4 atom stereocenters. The number of ether oxygens (including phenoxy) is 1. The summed E-state index contributed by atoms with van der Waals surface area (Å²) in [5.41, 5.74) is 2.09. The van der Waals surface area contributed by atoms with Crippen LogP contribution in [0.3, 0.4) is 0 Å². The molecular formula is C22H30N4O3. The van der Waals surface area contributed by atoms with E-state index in [-0.39, 0.29) is 17.9 Å². The Labute approximate surface area is 171 Å². The minimum absolute atomic E-state index is 0.0177. The molecule has 0 bridgehead atoms. The first-order chi connectivity index (χ1) is 14.2. The van der Waals surface area contributed by atoms with E-state index in [2.05, 4.69) is 32.7 Å². The highest BCUT2D eigenvalue weighted by Crippen LogP contribution is 2.42. The molecule has 2 saturated carbocycles. The van der Waals surface area contributed by atoms with Crippen LogP contribution in [-0.4, -0.2) is 53.4 Å². The lowest BCUT2D eigenvalue weighted by molar-refractivity contribution is -0.127. The molecule has 156 valence electrons. The van der Waals surface area contributed by atoms with Gasteiger partial charge in [-0.3, -0.25) is 4.79 Å². The number of H-pyrrole nitrogens is 1. The van der Waals surface area contributed by atoms with E-state index in [1.54, 1.807) is 7.11 Å². The molecule has 2 aromatic rings. The third-order valence-electron chi connectivity index (χ3n) is 6.01. The number of amides is 1. The molecular weight excluding hydrogens is 368 g/mol. The zero-order valence-electron chi connectivity index (χ0n) is 16.8. The highest BCUT2D eigenvalue weighted by atomic mass is 16.5. The third kappa shape index (κ3) is 4.69. The topological polar surface area (TPSA) is 99.3 Å². The van der Waals surface area contributed by atoms with Gasteiger partial charge in [0.2, 0.25) is 5.91 Å². The standard InChI is InChI=1S/C22H30N4O3/c1-29-10-9-23-22(28)16-11-17(24-12-14-5-3-2-4-6-14)19(20(16)27)18-13-25-21(26-18)15-7-8-15/h2-6,13,15-17,19-20,24,27H,7-12H2,1H3,(H,23,28)(H,25,26)/t16-,17+,19+,20+/m0/s1. The van der Waals surface area contributed by atoms with Gasteiger partial charge >= 0.3 is 0 Å². The van der Waals surface area contributed by atoms with Crippen molar-refractivity contribution in [2.24, 2.45) is 5.92 Å². The van der Waals surface area contributed by atoms with E-state index in [1.807, 2.05) is 24.4 Å². The van der Waals surface area contributed by atoms with E-state index in [9.17, 15) is 9.90 Å². The van der Waals surface area contributed by atoms with E-state index in [0.717, 1.165) is 11.5 Å². The Balaban J connectivity index is 1.49. The van der Waals surface area contributed by atoms with Crippen LogP contribution >= 0.6 is 0 Å². The van der Waals surface area contributed by atoms with Crippen LogP contribution < -0.4 is 10.6 Å². The van der Waals surface area contributed by atoms with Gasteiger partial charge in [-0.2, -0.15) is 0 Å². The molecule has 0 aliphatic heterocycles. The van der Waals surface area contributed by atoms with Gasteiger partial charge in [-0.15, -0.1) is 0 Å². The molecule has 0 radical (unpaired) electrons. The number of imidazole rings is 1. The molecule has 0 spiro atoms. The van der Waals surface area contributed by atoms with Crippen molar-refractivity contribution in [3.63, 3.8) is 0 Å².